The molecular formula is C14H18FNO. The molecule has 1 aromatic carbocycles. The third-order valence-corrected chi connectivity index (χ3v) is 2.85. The van der Waals surface area contributed by atoms with Crippen LogP contribution in [0.3, 0.4) is 0 Å². The second-order valence-corrected chi connectivity index (χ2v) is 4.18. The van der Waals surface area contributed by atoms with Crippen LogP contribution in [0.25, 0.3) is 10.9 Å². The van der Waals surface area contributed by atoms with E-state index in [0.717, 1.165) is 36.9 Å². The van der Waals surface area contributed by atoms with Crippen molar-refractivity contribution in [3.63, 3.8) is 0 Å². The monoisotopic (exact) mass is 235 g/mol. The molecule has 0 aliphatic heterocycles. The predicted octanol–water partition coefficient (Wildman–Crippen LogP) is 3.60. The van der Waals surface area contributed by atoms with E-state index in [1.807, 2.05) is 16.8 Å². The van der Waals surface area contributed by atoms with Crippen LogP contribution >= 0.6 is 0 Å². The first-order chi connectivity index (χ1) is 8.31. The van der Waals surface area contributed by atoms with E-state index in [0.29, 0.717) is 6.61 Å². The normalized spacial score (nSPS) is 11.2. The van der Waals surface area contributed by atoms with Gasteiger partial charge in [-0.1, -0.05) is 13.3 Å². The molecule has 17 heavy (non-hydrogen) atoms. The van der Waals surface area contributed by atoms with Gasteiger partial charge < -0.3 is 9.30 Å². The zero-order valence-corrected chi connectivity index (χ0v) is 10.2. The molecule has 0 atom stereocenters. The van der Waals surface area contributed by atoms with E-state index in [1.54, 1.807) is 12.1 Å². The predicted molar refractivity (Wildman–Crippen MR) is 67.6 cm³/mol. The fourth-order valence-corrected chi connectivity index (χ4v) is 1.86. The van der Waals surface area contributed by atoms with Gasteiger partial charge in [0, 0.05) is 19.3 Å². The molecule has 1 heterocycles. The summed E-state index contributed by atoms with van der Waals surface area (Å²) in [6.45, 7) is 4.41. The summed E-state index contributed by atoms with van der Waals surface area (Å²) in [4.78, 5) is 0. The Bertz CT molecular complexity index is 478. The number of fused-ring (bicyclic) bond motifs is 1. The number of benzene rings is 1. The lowest BCUT2D eigenvalue weighted by atomic mass is 10.2. The molecule has 0 aliphatic carbocycles. The summed E-state index contributed by atoms with van der Waals surface area (Å²) >= 11 is 0. The maximum absolute atomic E-state index is 13.1. The van der Waals surface area contributed by atoms with Gasteiger partial charge in [0.2, 0.25) is 0 Å². The molecule has 0 amide bonds. The second kappa shape index (κ2) is 5.82. The van der Waals surface area contributed by atoms with Crippen LogP contribution in [0.2, 0.25) is 0 Å². The molecule has 2 rings (SSSR count). The van der Waals surface area contributed by atoms with E-state index in [2.05, 4.69) is 6.92 Å². The van der Waals surface area contributed by atoms with Gasteiger partial charge in [-0.05, 0) is 36.1 Å². The van der Waals surface area contributed by atoms with Crippen LogP contribution in [-0.2, 0) is 11.3 Å². The first-order valence-corrected chi connectivity index (χ1v) is 6.13. The maximum Gasteiger partial charge on any atom is 0.125 e. The molecule has 0 saturated heterocycles. The summed E-state index contributed by atoms with van der Waals surface area (Å²) in [5.74, 6) is -0.190. The molecule has 0 radical (unpaired) electrons. The summed E-state index contributed by atoms with van der Waals surface area (Å²) in [7, 11) is 0. The zero-order chi connectivity index (χ0) is 12.1. The fraction of sp³-hybridized carbons (Fsp3) is 0.429. The van der Waals surface area contributed by atoms with Crippen molar-refractivity contribution >= 4 is 10.9 Å². The van der Waals surface area contributed by atoms with Crippen LogP contribution in [0.15, 0.2) is 30.5 Å². The molecule has 3 heteroatoms. The van der Waals surface area contributed by atoms with Crippen molar-refractivity contribution in [2.75, 3.05) is 13.2 Å². The summed E-state index contributed by atoms with van der Waals surface area (Å²) in [6.07, 6.45) is 4.23. The molecule has 2 aromatic rings. The molecule has 2 nitrogen and oxygen atoms in total. The lowest BCUT2D eigenvalue weighted by molar-refractivity contribution is 0.124. The second-order valence-electron chi connectivity index (χ2n) is 4.18. The average Bonchev–Trinajstić information content (AvgIpc) is 2.72. The lowest BCUT2D eigenvalue weighted by Crippen LogP contribution is -2.05. The molecule has 0 aliphatic rings. The standard InChI is InChI=1S/C14H18FNO/c1-2-3-9-17-10-8-16-7-6-12-4-5-13(15)11-14(12)16/h4-7,11H,2-3,8-10H2,1H3. The van der Waals surface area contributed by atoms with Gasteiger partial charge in [-0.25, -0.2) is 4.39 Å². The highest BCUT2D eigenvalue weighted by Crippen LogP contribution is 2.16. The van der Waals surface area contributed by atoms with E-state index in [-0.39, 0.29) is 5.82 Å². The first kappa shape index (κ1) is 12.1. The zero-order valence-electron chi connectivity index (χ0n) is 10.2. The summed E-state index contributed by atoms with van der Waals surface area (Å²) in [5.41, 5.74) is 0.934. The van der Waals surface area contributed by atoms with Gasteiger partial charge in [-0.2, -0.15) is 0 Å². The van der Waals surface area contributed by atoms with Crippen molar-refractivity contribution in [3.05, 3.63) is 36.3 Å². The number of nitrogens with zero attached hydrogens (tertiary/aromatic N) is 1. The van der Waals surface area contributed by atoms with Crippen LogP contribution in [0, 0.1) is 5.82 Å². The smallest absolute Gasteiger partial charge is 0.125 e. The van der Waals surface area contributed by atoms with E-state index < -0.39 is 0 Å². The fourth-order valence-electron chi connectivity index (χ4n) is 1.86. The molecule has 0 bridgehead atoms. The Morgan fingerprint density at radius 3 is 2.94 bits per heavy atom. The first-order valence-electron chi connectivity index (χ1n) is 6.13. The minimum Gasteiger partial charge on any atom is -0.380 e. The van der Waals surface area contributed by atoms with Gasteiger partial charge in [0.15, 0.2) is 0 Å². The van der Waals surface area contributed by atoms with Crippen molar-refractivity contribution in [1.29, 1.82) is 0 Å². The highest BCUT2D eigenvalue weighted by Gasteiger charge is 2.01. The highest BCUT2D eigenvalue weighted by atomic mass is 19.1. The number of aromatic nitrogens is 1. The van der Waals surface area contributed by atoms with Crippen molar-refractivity contribution in [2.45, 2.75) is 26.3 Å². The Morgan fingerprint density at radius 2 is 2.12 bits per heavy atom. The Balaban J connectivity index is 1.96. The van der Waals surface area contributed by atoms with Crippen molar-refractivity contribution in [1.82, 2.24) is 4.57 Å². The van der Waals surface area contributed by atoms with E-state index >= 15 is 0 Å². The largest absolute Gasteiger partial charge is 0.380 e. The van der Waals surface area contributed by atoms with Gasteiger partial charge in [-0.3, -0.25) is 0 Å². The summed E-state index contributed by atoms with van der Waals surface area (Å²) < 4.78 is 20.7. The SMILES string of the molecule is CCCCOCCn1ccc2ccc(F)cc21. The van der Waals surface area contributed by atoms with Gasteiger partial charge >= 0.3 is 0 Å². The van der Waals surface area contributed by atoms with Crippen LogP contribution < -0.4 is 0 Å². The summed E-state index contributed by atoms with van der Waals surface area (Å²) in [5, 5.41) is 1.07. The Kier molecular flexibility index (Phi) is 4.15. The van der Waals surface area contributed by atoms with E-state index in [1.165, 1.54) is 6.07 Å². The molecule has 0 N–H and O–H groups in total. The van der Waals surface area contributed by atoms with Gasteiger partial charge in [0.25, 0.3) is 0 Å². The maximum atomic E-state index is 13.1. The number of ether oxygens (including phenoxy) is 1. The minimum absolute atomic E-state index is 0.190. The van der Waals surface area contributed by atoms with Crippen LogP contribution in [-0.4, -0.2) is 17.8 Å². The molecule has 92 valence electrons. The minimum atomic E-state index is -0.190. The number of hydrogen-bond donors (Lipinski definition) is 0. The molecule has 0 unspecified atom stereocenters. The Morgan fingerprint density at radius 1 is 1.24 bits per heavy atom. The topological polar surface area (TPSA) is 14.2 Å². The number of halogens is 1. The van der Waals surface area contributed by atoms with Crippen LogP contribution in [0.5, 0.6) is 0 Å². The summed E-state index contributed by atoms with van der Waals surface area (Å²) in [6, 6.07) is 6.87. The van der Waals surface area contributed by atoms with Gasteiger partial charge in [-0.15, -0.1) is 0 Å². The molecule has 1 aromatic heterocycles. The Labute approximate surface area is 101 Å². The number of hydrogen-bond acceptors (Lipinski definition) is 1. The highest BCUT2D eigenvalue weighted by molar-refractivity contribution is 5.80. The van der Waals surface area contributed by atoms with Crippen LogP contribution in [0.1, 0.15) is 19.8 Å². The molecule has 0 spiro atoms. The van der Waals surface area contributed by atoms with Gasteiger partial charge in [0.05, 0.1) is 12.1 Å². The number of rotatable bonds is 6. The average molecular weight is 235 g/mol. The molecule has 0 fully saturated rings. The Hall–Kier alpha value is -1.35. The molecule has 0 saturated carbocycles. The quantitative estimate of drug-likeness (QED) is 0.698. The lowest BCUT2D eigenvalue weighted by Gasteiger charge is -2.06. The molecular weight excluding hydrogens is 217 g/mol. The van der Waals surface area contributed by atoms with Crippen molar-refractivity contribution in [2.24, 2.45) is 0 Å². The third-order valence-electron chi connectivity index (χ3n) is 2.85. The van der Waals surface area contributed by atoms with Crippen molar-refractivity contribution in [3.8, 4) is 0 Å². The number of unbranched alkanes of at least 4 members (excludes halogenated alkanes) is 1. The van der Waals surface area contributed by atoms with E-state index in [4.69, 9.17) is 4.74 Å². The van der Waals surface area contributed by atoms with Crippen molar-refractivity contribution < 1.29 is 9.13 Å². The van der Waals surface area contributed by atoms with E-state index in [9.17, 15) is 4.39 Å². The van der Waals surface area contributed by atoms with Crippen LogP contribution in [0.4, 0.5) is 4.39 Å². The van der Waals surface area contributed by atoms with Gasteiger partial charge in [0.1, 0.15) is 5.82 Å². The third kappa shape index (κ3) is 3.07.